The molecule has 3 nitrogen and oxygen atoms in total. The molecule has 0 fully saturated rings. The summed E-state index contributed by atoms with van der Waals surface area (Å²) >= 11 is 5.28. The van der Waals surface area contributed by atoms with Crippen LogP contribution in [0, 0.1) is 5.92 Å². The van der Waals surface area contributed by atoms with E-state index in [-0.39, 0.29) is 11.9 Å². The van der Waals surface area contributed by atoms with Crippen LogP contribution in [0.4, 0.5) is 0 Å². The summed E-state index contributed by atoms with van der Waals surface area (Å²) in [6, 6.07) is 12.0. The highest BCUT2D eigenvalue weighted by molar-refractivity contribution is 9.10. The molecule has 2 heterocycles. The number of thiophene rings is 1. The lowest BCUT2D eigenvalue weighted by molar-refractivity contribution is 0.0930. The van der Waals surface area contributed by atoms with Crippen molar-refractivity contribution < 1.29 is 4.79 Å². The fourth-order valence-electron chi connectivity index (χ4n) is 2.87. The number of fused-ring (bicyclic) bond motifs is 1. The third-order valence-electron chi connectivity index (χ3n) is 4.01. The van der Waals surface area contributed by atoms with Gasteiger partial charge in [-0.2, -0.15) is 0 Å². The van der Waals surface area contributed by atoms with E-state index in [1.54, 1.807) is 11.3 Å². The molecular formula is C19H21BrN2OS. The number of benzene rings is 1. The van der Waals surface area contributed by atoms with E-state index in [0.717, 1.165) is 32.5 Å². The van der Waals surface area contributed by atoms with Gasteiger partial charge >= 0.3 is 0 Å². The van der Waals surface area contributed by atoms with Crippen LogP contribution in [0.5, 0.6) is 0 Å². The van der Waals surface area contributed by atoms with Gasteiger partial charge in [0.15, 0.2) is 0 Å². The molecule has 0 saturated carbocycles. The molecule has 0 aliphatic rings. The summed E-state index contributed by atoms with van der Waals surface area (Å²) in [7, 11) is 0. The van der Waals surface area contributed by atoms with Crippen molar-refractivity contribution in [2.45, 2.75) is 33.4 Å². The highest BCUT2D eigenvalue weighted by Crippen LogP contribution is 2.34. The Hall–Kier alpha value is -1.59. The van der Waals surface area contributed by atoms with Crippen LogP contribution in [0.2, 0.25) is 0 Å². The first-order valence-electron chi connectivity index (χ1n) is 8.09. The first-order chi connectivity index (χ1) is 11.5. The molecule has 3 aromatic rings. The predicted octanol–water partition coefficient (Wildman–Crippen LogP) is 5.61. The third kappa shape index (κ3) is 3.42. The standard InChI is InChI=1S/C19H21BrN2OS/c1-12(2)10-22-16(9-17-18(22)15(20)11-24-17)19(23)21-13(3)14-7-5-4-6-8-14/h4-9,11-13H,10H2,1-3H3,(H,21,23). The van der Waals surface area contributed by atoms with E-state index in [1.807, 2.05) is 43.3 Å². The third-order valence-corrected chi connectivity index (χ3v) is 5.83. The van der Waals surface area contributed by atoms with Gasteiger partial charge in [0, 0.05) is 11.9 Å². The monoisotopic (exact) mass is 404 g/mol. The molecule has 3 rings (SSSR count). The highest BCUT2D eigenvalue weighted by atomic mass is 79.9. The molecule has 0 spiro atoms. The van der Waals surface area contributed by atoms with Crippen molar-refractivity contribution in [3.05, 3.63) is 57.5 Å². The number of hydrogen-bond acceptors (Lipinski definition) is 2. The Morgan fingerprint density at radius 2 is 1.96 bits per heavy atom. The Kier molecular flexibility index (Phi) is 5.11. The lowest BCUT2D eigenvalue weighted by atomic mass is 10.1. The van der Waals surface area contributed by atoms with Gasteiger partial charge in [-0.1, -0.05) is 44.2 Å². The smallest absolute Gasteiger partial charge is 0.268 e. The number of carbonyl (C=O) groups excluding carboxylic acids is 1. The molecule has 1 atom stereocenters. The Balaban J connectivity index is 1.92. The number of nitrogens with zero attached hydrogens (tertiary/aromatic N) is 1. The molecule has 126 valence electrons. The normalized spacial score (nSPS) is 12.7. The topological polar surface area (TPSA) is 34.0 Å². The number of amides is 1. The van der Waals surface area contributed by atoms with Crippen LogP contribution >= 0.6 is 27.3 Å². The molecule has 1 N–H and O–H groups in total. The van der Waals surface area contributed by atoms with Crippen LogP contribution in [-0.4, -0.2) is 10.5 Å². The quantitative estimate of drug-likeness (QED) is 0.588. The molecule has 0 aliphatic heterocycles. The van der Waals surface area contributed by atoms with E-state index in [2.05, 4.69) is 45.0 Å². The molecule has 0 bridgehead atoms. The molecule has 24 heavy (non-hydrogen) atoms. The Morgan fingerprint density at radius 3 is 2.62 bits per heavy atom. The summed E-state index contributed by atoms with van der Waals surface area (Å²) in [5.74, 6) is 0.438. The Labute approximate surface area is 154 Å². The van der Waals surface area contributed by atoms with Crippen molar-refractivity contribution in [1.29, 1.82) is 0 Å². The van der Waals surface area contributed by atoms with E-state index < -0.39 is 0 Å². The summed E-state index contributed by atoms with van der Waals surface area (Å²) in [5, 5.41) is 5.21. The van der Waals surface area contributed by atoms with Crippen molar-refractivity contribution in [2.75, 3.05) is 0 Å². The number of carbonyl (C=O) groups is 1. The number of rotatable bonds is 5. The van der Waals surface area contributed by atoms with Crippen molar-refractivity contribution in [3.8, 4) is 0 Å². The van der Waals surface area contributed by atoms with Gasteiger partial charge in [0.1, 0.15) is 5.69 Å². The molecule has 1 aromatic carbocycles. The van der Waals surface area contributed by atoms with E-state index in [4.69, 9.17) is 0 Å². The number of hydrogen-bond donors (Lipinski definition) is 1. The minimum absolute atomic E-state index is 0.0254. The molecule has 0 saturated heterocycles. The Morgan fingerprint density at radius 1 is 1.25 bits per heavy atom. The summed E-state index contributed by atoms with van der Waals surface area (Å²) in [5.41, 5.74) is 2.95. The highest BCUT2D eigenvalue weighted by Gasteiger charge is 2.20. The van der Waals surface area contributed by atoms with Crippen LogP contribution in [0.15, 0.2) is 46.3 Å². The van der Waals surface area contributed by atoms with Gasteiger partial charge in [-0.15, -0.1) is 11.3 Å². The fourth-order valence-corrected chi connectivity index (χ4v) is 4.56. The Bertz CT molecular complexity index is 851. The molecule has 5 heteroatoms. The van der Waals surface area contributed by atoms with Crippen molar-refractivity contribution >= 4 is 43.4 Å². The molecule has 1 unspecified atom stereocenters. The van der Waals surface area contributed by atoms with E-state index in [9.17, 15) is 4.79 Å². The van der Waals surface area contributed by atoms with Crippen LogP contribution < -0.4 is 5.32 Å². The second kappa shape index (κ2) is 7.11. The summed E-state index contributed by atoms with van der Waals surface area (Å²) in [4.78, 5) is 12.9. The zero-order chi connectivity index (χ0) is 17.3. The molecule has 2 aromatic heterocycles. The van der Waals surface area contributed by atoms with Gasteiger partial charge in [0.25, 0.3) is 5.91 Å². The van der Waals surface area contributed by atoms with Crippen molar-refractivity contribution in [1.82, 2.24) is 9.88 Å². The lowest BCUT2D eigenvalue weighted by Gasteiger charge is -2.17. The van der Waals surface area contributed by atoms with E-state index in [0.29, 0.717) is 5.92 Å². The molecular weight excluding hydrogens is 384 g/mol. The van der Waals surface area contributed by atoms with Crippen LogP contribution in [-0.2, 0) is 6.54 Å². The maximum atomic E-state index is 12.9. The minimum Gasteiger partial charge on any atom is -0.344 e. The lowest BCUT2D eigenvalue weighted by Crippen LogP contribution is -2.29. The number of halogens is 1. The first-order valence-corrected chi connectivity index (χ1v) is 9.76. The average Bonchev–Trinajstić information content (AvgIpc) is 3.09. The first kappa shape index (κ1) is 17.2. The van der Waals surface area contributed by atoms with Gasteiger partial charge in [0.05, 0.1) is 20.7 Å². The zero-order valence-corrected chi connectivity index (χ0v) is 16.4. The van der Waals surface area contributed by atoms with Crippen LogP contribution in [0.25, 0.3) is 10.2 Å². The average molecular weight is 405 g/mol. The maximum Gasteiger partial charge on any atom is 0.268 e. The maximum absolute atomic E-state index is 12.9. The summed E-state index contributed by atoms with van der Waals surface area (Å²) < 4.78 is 4.33. The predicted molar refractivity (Wildman–Crippen MR) is 105 cm³/mol. The SMILES string of the molecule is CC(C)Cn1c(C(=O)NC(C)c2ccccc2)cc2scc(Br)c21. The number of aromatic nitrogens is 1. The van der Waals surface area contributed by atoms with E-state index >= 15 is 0 Å². The van der Waals surface area contributed by atoms with Gasteiger partial charge in [-0.3, -0.25) is 4.79 Å². The number of nitrogens with one attached hydrogen (secondary N) is 1. The van der Waals surface area contributed by atoms with E-state index in [1.165, 1.54) is 0 Å². The fraction of sp³-hybridized carbons (Fsp3) is 0.316. The second-order valence-electron chi connectivity index (χ2n) is 6.44. The minimum atomic E-state index is -0.0256. The van der Waals surface area contributed by atoms with Gasteiger partial charge in [0.2, 0.25) is 0 Å². The largest absolute Gasteiger partial charge is 0.344 e. The summed E-state index contributed by atoms with van der Waals surface area (Å²) in [6.07, 6.45) is 0. The van der Waals surface area contributed by atoms with Crippen LogP contribution in [0.1, 0.15) is 42.9 Å². The second-order valence-corrected chi connectivity index (χ2v) is 8.20. The summed E-state index contributed by atoms with van der Waals surface area (Å²) in [6.45, 7) is 7.17. The van der Waals surface area contributed by atoms with Crippen molar-refractivity contribution in [3.63, 3.8) is 0 Å². The molecule has 0 aliphatic carbocycles. The van der Waals surface area contributed by atoms with Crippen LogP contribution in [0.3, 0.4) is 0 Å². The molecule has 0 radical (unpaired) electrons. The molecule has 1 amide bonds. The van der Waals surface area contributed by atoms with Gasteiger partial charge in [-0.25, -0.2) is 0 Å². The zero-order valence-electron chi connectivity index (χ0n) is 14.0. The van der Waals surface area contributed by atoms with Gasteiger partial charge < -0.3 is 9.88 Å². The van der Waals surface area contributed by atoms with Crippen molar-refractivity contribution in [2.24, 2.45) is 5.92 Å². The van der Waals surface area contributed by atoms with Gasteiger partial charge in [-0.05, 0) is 40.4 Å².